The molecule has 0 spiro atoms. The maximum absolute atomic E-state index is 12.4. The number of rotatable bonds is 2. The van der Waals surface area contributed by atoms with Gasteiger partial charge >= 0.3 is 0 Å². The zero-order valence-corrected chi connectivity index (χ0v) is 14.1. The van der Waals surface area contributed by atoms with Crippen LogP contribution >= 0.6 is 35.0 Å². The molecule has 0 N–H and O–H groups in total. The van der Waals surface area contributed by atoms with E-state index >= 15 is 0 Å². The molecule has 0 aromatic heterocycles. The number of carbonyl (C=O) groups is 1. The summed E-state index contributed by atoms with van der Waals surface area (Å²) >= 11 is 13.6. The Labute approximate surface area is 147 Å². The van der Waals surface area contributed by atoms with Gasteiger partial charge in [0.2, 0.25) is 12.7 Å². The summed E-state index contributed by atoms with van der Waals surface area (Å²) in [6.07, 6.45) is 0. The number of amides is 1. The molecule has 4 nitrogen and oxygen atoms in total. The molecule has 1 amide bonds. The molecule has 1 fully saturated rings. The number of ether oxygens (including phenoxy) is 2. The molecule has 2 heterocycles. The fourth-order valence-electron chi connectivity index (χ4n) is 2.65. The van der Waals surface area contributed by atoms with E-state index in [4.69, 9.17) is 32.7 Å². The van der Waals surface area contributed by atoms with Crippen molar-refractivity contribution in [2.24, 2.45) is 0 Å². The Hall–Kier alpha value is -1.56. The van der Waals surface area contributed by atoms with Crippen molar-refractivity contribution in [2.75, 3.05) is 17.4 Å². The van der Waals surface area contributed by atoms with Crippen molar-refractivity contribution in [1.82, 2.24) is 0 Å². The third-order valence-electron chi connectivity index (χ3n) is 3.73. The number of nitrogens with zero attached hydrogens (tertiary/aromatic N) is 1. The van der Waals surface area contributed by atoms with Crippen LogP contribution in [0.15, 0.2) is 36.4 Å². The highest BCUT2D eigenvalue weighted by Crippen LogP contribution is 2.45. The first-order valence-corrected chi connectivity index (χ1v) is 8.72. The summed E-state index contributed by atoms with van der Waals surface area (Å²) < 4.78 is 10.8. The Balaban J connectivity index is 1.72. The lowest BCUT2D eigenvalue weighted by Crippen LogP contribution is -2.27. The summed E-state index contributed by atoms with van der Waals surface area (Å²) in [5, 5.41) is 0.766. The lowest BCUT2D eigenvalue weighted by Gasteiger charge is -2.24. The quantitative estimate of drug-likeness (QED) is 0.783. The molecule has 0 saturated carbocycles. The number of anilines is 1. The molecule has 0 aliphatic carbocycles. The topological polar surface area (TPSA) is 38.8 Å². The van der Waals surface area contributed by atoms with Crippen LogP contribution in [0.5, 0.6) is 11.5 Å². The van der Waals surface area contributed by atoms with Crippen LogP contribution in [0.2, 0.25) is 10.0 Å². The summed E-state index contributed by atoms with van der Waals surface area (Å²) in [6.45, 7) is 0.228. The maximum Gasteiger partial charge on any atom is 0.238 e. The Morgan fingerprint density at radius 1 is 1.04 bits per heavy atom. The lowest BCUT2D eigenvalue weighted by molar-refractivity contribution is -0.115. The van der Waals surface area contributed by atoms with Crippen molar-refractivity contribution in [3.8, 4) is 11.5 Å². The molecule has 4 rings (SSSR count). The summed E-state index contributed by atoms with van der Waals surface area (Å²) in [4.78, 5) is 14.1. The number of thioether (sulfide) groups is 1. The van der Waals surface area contributed by atoms with Gasteiger partial charge < -0.3 is 9.47 Å². The van der Waals surface area contributed by atoms with Gasteiger partial charge in [-0.25, -0.2) is 0 Å². The predicted octanol–water partition coefficient (Wildman–Crippen LogP) is 4.50. The second-order valence-electron chi connectivity index (χ2n) is 5.14. The van der Waals surface area contributed by atoms with Crippen LogP contribution in [-0.4, -0.2) is 18.5 Å². The molecule has 2 aromatic carbocycles. The zero-order chi connectivity index (χ0) is 16.0. The fourth-order valence-corrected chi connectivity index (χ4v) is 4.11. The number of benzene rings is 2. The number of halogens is 2. The number of hydrogen-bond donors (Lipinski definition) is 0. The van der Waals surface area contributed by atoms with Crippen LogP contribution in [0.4, 0.5) is 5.69 Å². The minimum Gasteiger partial charge on any atom is -0.454 e. The monoisotopic (exact) mass is 367 g/mol. The van der Waals surface area contributed by atoms with Crippen LogP contribution in [0.1, 0.15) is 10.9 Å². The Bertz CT molecular complexity index is 799. The summed E-state index contributed by atoms with van der Waals surface area (Å²) in [5.41, 5.74) is 1.72. The van der Waals surface area contributed by atoms with Crippen molar-refractivity contribution in [2.45, 2.75) is 5.37 Å². The van der Waals surface area contributed by atoms with Gasteiger partial charge in [0, 0.05) is 5.69 Å². The van der Waals surface area contributed by atoms with Gasteiger partial charge in [-0.3, -0.25) is 9.69 Å². The largest absolute Gasteiger partial charge is 0.454 e. The molecule has 2 aliphatic heterocycles. The number of fused-ring (bicyclic) bond motifs is 1. The molecule has 7 heteroatoms. The first-order chi connectivity index (χ1) is 11.1. The van der Waals surface area contributed by atoms with Crippen molar-refractivity contribution < 1.29 is 14.3 Å². The Morgan fingerprint density at radius 2 is 1.87 bits per heavy atom. The predicted molar refractivity (Wildman–Crippen MR) is 91.7 cm³/mol. The van der Waals surface area contributed by atoms with E-state index in [1.54, 1.807) is 34.9 Å². The molecule has 0 unspecified atom stereocenters. The second-order valence-corrected chi connectivity index (χ2v) is 7.02. The van der Waals surface area contributed by atoms with E-state index in [-0.39, 0.29) is 18.1 Å². The molecular weight excluding hydrogens is 357 g/mol. The van der Waals surface area contributed by atoms with Crippen molar-refractivity contribution in [3.05, 3.63) is 52.0 Å². The van der Waals surface area contributed by atoms with Crippen LogP contribution in [0.3, 0.4) is 0 Å². The molecule has 2 aromatic rings. The van der Waals surface area contributed by atoms with Gasteiger partial charge in [0.25, 0.3) is 0 Å². The molecule has 1 saturated heterocycles. The van der Waals surface area contributed by atoms with Crippen LogP contribution < -0.4 is 14.4 Å². The fraction of sp³-hybridized carbons (Fsp3) is 0.188. The standard InChI is InChI=1S/C16H11Cl2NO3S/c17-11-3-2-10(6-12(11)18)19-15(20)7-23-16(19)9-1-4-13-14(5-9)22-8-21-13/h1-6,16H,7-8H2/t16-/m1/s1. The Kier molecular flexibility index (Phi) is 3.79. The van der Waals surface area contributed by atoms with Crippen molar-refractivity contribution in [3.63, 3.8) is 0 Å². The van der Waals surface area contributed by atoms with Gasteiger partial charge in [0.1, 0.15) is 5.37 Å². The van der Waals surface area contributed by atoms with Gasteiger partial charge in [-0.05, 0) is 35.9 Å². The molecule has 2 aliphatic rings. The van der Waals surface area contributed by atoms with Crippen LogP contribution in [-0.2, 0) is 4.79 Å². The summed E-state index contributed by atoms with van der Waals surface area (Å²) in [5.74, 6) is 1.89. The Morgan fingerprint density at radius 3 is 2.70 bits per heavy atom. The number of hydrogen-bond acceptors (Lipinski definition) is 4. The lowest BCUT2D eigenvalue weighted by atomic mass is 10.1. The first kappa shape index (κ1) is 15.0. The SMILES string of the molecule is O=C1CS[C@H](c2ccc3c(c2)OCO3)N1c1ccc(Cl)c(Cl)c1. The molecule has 118 valence electrons. The van der Waals surface area contributed by atoms with E-state index in [1.807, 2.05) is 18.2 Å². The molecule has 23 heavy (non-hydrogen) atoms. The summed E-state index contributed by atoms with van der Waals surface area (Å²) in [7, 11) is 0. The van der Waals surface area contributed by atoms with Crippen LogP contribution in [0, 0.1) is 0 Å². The van der Waals surface area contributed by atoms with E-state index in [0.29, 0.717) is 21.5 Å². The smallest absolute Gasteiger partial charge is 0.238 e. The van der Waals surface area contributed by atoms with Gasteiger partial charge in [-0.2, -0.15) is 0 Å². The maximum atomic E-state index is 12.4. The van der Waals surface area contributed by atoms with Gasteiger partial charge in [0.05, 0.1) is 15.8 Å². The average Bonchev–Trinajstić information content (AvgIpc) is 3.15. The number of carbonyl (C=O) groups excluding carboxylic acids is 1. The molecule has 0 radical (unpaired) electrons. The van der Waals surface area contributed by atoms with Crippen LogP contribution in [0.25, 0.3) is 0 Å². The highest BCUT2D eigenvalue weighted by atomic mass is 35.5. The van der Waals surface area contributed by atoms with Crippen molar-refractivity contribution >= 4 is 46.6 Å². The minimum atomic E-state index is -0.130. The van der Waals surface area contributed by atoms with Gasteiger partial charge in [-0.15, -0.1) is 11.8 Å². The van der Waals surface area contributed by atoms with E-state index in [0.717, 1.165) is 17.0 Å². The highest BCUT2D eigenvalue weighted by molar-refractivity contribution is 8.00. The normalized spacial score (nSPS) is 19.5. The third-order valence-corrected chi connectivity index (χ3v) is 5.68. The highest BCUT2D eigenvalue weighted by Gasteiger charge is 2.35. The van der Waals surface area contributed by atoms with E-state index < -0.39 is 0 Å². The molecule has 0 bridgehead atoms. The molecular formula is C16H11Cl2NO3S. The van der Waals surface area contributed by atoms with E-state index in [2.05, 4.69) is 0 Å². The molecule has 1 atom stereocenters. The zero-order valence-electron chi connectivity index (χ0n) is 11.8. The average molecular weight is 368 g/mol. The first-order valence-electron chi connectivity index (χ1n) is 6.92. The third kappa shape index (κ3) is 2.63. The summed E-state index contributed by atoms with van der Waals surface area (Å²) in [6, 6.07) is 11.0. The second kappa shape index (κ2) is 5.82. The van der Waals surface area contributed by atoms with Gasteiger partial charge in [-0.1, -0.05) is 29.3 Å². The van der Waals surface area contributed by atoms with E-state index in [9.17, 15) is 4.79 Å². The van der Waals surface area contributed by atoms with Crippen molar-refractivity contribution in [1.29, 1.82) is 0 Å². The minimum absolute atomic E-state index is 0.0380. The van der Waals surface area contributed by atoms with Gasteiger partial charge in [0.15, 0.2) is 11.5 Å². The van der Waals surface area contributed by atoms with E-state index in [1.165, 1.54) is 0 Å².